The normalized spacial score (nSPS) is 18.5. The summed E-state index contributed by atoms with van der Waals surface area (Å²) in [6.45, 7) is 0. The minimum absolute atomic E-state index is 0.387. The number of hydrogen-bond acceptors (Lipinski definition) is 4. The number of rotatable bonds is 3. The fraction of sp³-hybridized carbons (Fsp3) is 0. The zero-order valence-corrected chi connectivity index (χ0v) is 10.5. The van der Waals surface area contributed by atoms with Gasteiger partial charge in [0, 0.05) is 5.03 Å². The number of hydrogen-bond donors (Lipinski definition) is 1. The first-order valence-electron chi connectivity index (χ1n) is 5.45. The first-order chi connectivity index (χ1) is 9.15. The van der Waals surface area contributed by atoms with Crippen molar-refractivity contribution in [2.75, 3.05) is 5.43 Å². The SMILES string of the molecule is O=[N+]([O-])C=C1C=CC(Cl)=CC1=NNc1ccccc1. The van der Waals surface area contributed by atoms with E-state index in [0.29, 0.717) is 16.3 Å². The summed E-state index contributed by atoms with van der Waals surface area (Å²) in [6, 6.07) is 9.28. The molecule has 0 bridgehead atoms. The van der Waals surface area contributed by atoms with Gasteiger partial charge in [-0.25, -0.2) is 0 Å². The average molecular weight is 276 g/mol. The summed E-state index contributed by atoms with van der Waals surface area (Å²) in [4.78, 5) is 10.0. The van der Waals surface area contributed by atoms with E-state index in [4.69, 9.17) is 11.6 Å². The van der Waals surface area contributed by atoms with Crippen LogP contribution in [0.5, 0.6) is 0 Å². The maximum absolute atomic E-state index is 10.5. The van der Waals surface area contributed by atoms with Crippen molar-refractivity contribution < 1.29 is 4.92 Å². The molecule has 96 valence electrons. The Bertz CT molecular complexity index is 604. The fourth-order valence-corrected chi connectivity index (χ4v) is 1.64. The fourth-order valence-electron chi connectivity index (χ4n) is 1.47. The number of halogens is 1. The van der Waals surface area contributed by atoms with Gasteiger partial charge in [0.1, 0.15) is 0 Å². The number of nitro groups is 1. The number of nitrogens with one attached hydrogen (secondary N) is 1. The lowest BCUT2D eigenvalue weighted by molar-refractivity contribution is -0.402. The molecule has 6 heteroatoms. The molecule has 0 fully saturated rings. The number of benzene rings is 1. The predicted molar refractivity (Wildman–Crippen MR) is 75.7 cm³/mol. The van der Waals surface area contributed by atoms with E-state index < -0.39 is 4.92 Å². The molecule has 0 unspecified atom stereocenters. The van der Waals surface area contributed by atoms with Crippen molar-refractivity contribution in [3.63, 3.8) is 0 Å². The molecule has 5 nitrogen and oxygen atoms in total. The lowest BCUT2D eigenvalue weighted by Gasteiger charge is -2.07. The van der Waals surface area contributed by atoms with Crippen molar-refractivity contribution in [2.45, 2.75) is 0 Å². The standard InChI is InChI=1S/C13H10ClN3O2/c14-11-7-6-10(9-17(18)19)13(8-11)16-15-12-4-2-1-3-5-12/h1-9,15H. The van der Waals surface area contributed by atoms with E-state index in [2.05, 4.69) is 10.5 Å². The van der Waals surface area contributed by atoms with Gasteiger partial charge in [0.15, 0.2) is 0 Å². The second-order valence-corrected chi connectivity index (χ2v) is 4.14. The van der Waals surface area contributed by atoms with Crippen molar-refractivity contribution in [3.8, 4) is 0 Å². The molecule has 0 radical (unpaired) electrons. The van der Waals surface area contributed by atoms with Gasteiger partial charge in [-0.2, -0.15) is 5.10 Å². The van der Waals surface area contributed by atoms with Crippen molar-refractivity contribution in [1.29, 1.82) is 0 Å². The molecule has 0 spiro atoms. The largest absolute Gasteiger partial charge is 0.278 e. The highest BCUT2D eigenvalue weighted by atomic mass is 35.5. The average Bonchev–Trinajstić information content (AvgIpc) is 2.40. The summed E-state index contributed by atoms with van der Waals surface area (Å²) in [5, 5.41) is 15.1. The molecule has 0 atom stereocenters. The quantitative estimate of drug-likeness (QED) is 0.680. The summed E-state index contributed by atoms with van der Waals surface area (Å²) in [5.41, 5.74) is 4.41. The van der Waals surface area contributed by atoms with Crippen molar-refractivity contribution in [2.24, 2.45) is 5.10 Å². The van der Waals surface area contributed by atoms with E-state index in [1.807, 2.05) is 30.3 Å². The second-order valence-electron chi connectivity index (χ2n) is 3.71. The molecular formula is C13H10ClN3O2. The Hall–Kier alpha value is -2.40. The van der Waals surface area contributed by atoms with Crippen LogP contribution in [0.1, 0.15) is 0 Å². The van der Waals surface area contributed by atoms with E-state index >= 15 is 0 Å². The second kappa shape index (κ2) is 5.97. The molecule has 2 rings (SSSR count). The Morgan fingerprint density at radius 1 is 1.26 bits per heavy atom. The molecule has 1 N–H and O–H groups in total. The highest BCUT2D eigenvalue weighted by Gasteiger charge is 2.11. The molecule has 0 aromatic heterocycles. The molecule has 0 saturated carbocycles. The summed E-state index contributed by atoms with van der Waals surface area (Å²) in [7, 11) is 0. The van der Waals surface area contributed by atoms with Gasteiger partial charge in [-0.3, -0.25) is 15.5 Å². The van der Waals surface area contributed by atoms with Crippen LogP contribution in [-0.2, 0) is 0 Å². The lowest BCUT2D eigenvalue weighted by atomic mass is 10.1. The van der Waals surface area contributed by atoms with Crippen LogP contribution in [0.25, 0.3) is 0 Å². The number of hydrazone groups is 1. The van der Waals surface area contributed by atoms with Crippen LogP contribution in [0.4, 0.5) is 5.69 Å². The van der Waals surface area contributed by atoms with Crippen LogP contribution in [0, 0.1) is 10.1 Å². The number of allylic oxidation sites excluding steroid dienone is 5. The van der Waals surface area contributed by atoms with E-state index in [9.17, 15) is 10.1 Å². The van der Waals surface area contributed by atoms with Gasteiger partial charge in [-0.1, -0.05) is 29.8 Å². The van der Waals surface area contributed by atoms with Crippen LogP contribution in [-0.4, -0.2) is 10.6 Å². The smallest absolute Gasteiger partial charge is 0.243 e. The van der Waals surface area contributed by atoms with Gasteiger partial charge < -0.3 is 0 Å². The maximum Gasteiger partial charge on any atom is 0.243 e. The summed E-state index contributed by atoms with van der Waals surface area (Å²) >= 11 is 5.86. The molecule has 1 aromatic carbocycles. The molecule has 0 aliphatic heterocycles. The van der Waals surface area contributed by atoms with Gasteiger partial charge >= 0.3 is 0 Å². The Morgan fingerprint density at radius 2 is 2.00 bits per heavy atom. The predicted octanol–water partition coefficient (Wildman–Crippen LogP) is 3.31. The maximum atomic E-state index is 10.5. The lowest BCUT2D eigenvalue weighted by Crippen LogP contribution is -2.06. The number of anilines is 1. The zero-order chi connectivity index (χ0) is 13.7. The van der Waals surface area contributed by atoms with E-state index in [0.717, 1.165) is 11.9 Å². The summed E-state index contributed by atoms with van der Waals surface area (Å²) in [5.74, 6) is 0. The van der Waals surface area contributed by atoms with Crippen LogP contribution in [0.3, 0.4) is 0 Å². The first kappa shape index (κ1) is 13.0. The molecule has 0 amide bonds. The van der Waals surface area contributed by atoms with E-state index in [1.54, 1.807) is 18.2 Å². The third-order valence-electron chi connectivity index (χ3n) is 2.32. The van der Waals surface area contributed by atoms with Crippen molar-refractivity contribution >= 4 is 23.0 Å². The monoisotopic (exact) mass is 275 g/mol. The Kier molecular flexibility index (Phi) is 4.10. The molecule has 19 heavy (non-hydrogen) atoms. The van der Waals surface area contributed by atoms with Crippen molar-refractivity contribution in [3.05, 3.63) is 75.5 Å². The summed E-state index contributed by atoms with van der Waals surface area (Å²) < 4.78 is 0. The van der Waals surface area contributed by atoms with Gasteiger partial charge in [0.25, 0.3) is 0 Å². The van der Waals surface area contributed by atoms with Gasteiger partial charge in [0.2, 0.25) is 6.20 Å². The van der Waals surface area contributed by atoms with Crippen molar-refractivity contribution in [1.82, 2.24) is 0 Å². The van der Waals surface area contributed by atoms with Gasteiger partial charge in [0.05, 0.1) is 21.9 Å². The minimum atomic E-state index is -0.523. The summed E-state index contributed by atoms with van der Waals surface area (Å²) in [6.07, 6.45) is 5.59. The molecule has 1 aliphatic rings. The minimum Gasteiger partial charge on any atom is -0.278 e. The Morgan fingerprint density at radius 3 is 2.68 bits per heavy atom. The number of para-hydroxylation sites is 1. The first-order valence-corrected chi connectivity index (χ1v) is 5.82. The van der Waals surface area contributed by atoms with Crippen LogP contribution < -0.4 is 5.43 Å². The highest BCUT2D eigenvalue weighted by Crippen LogP contribution is 2.17. The number of nitrogens with zero attached hydrogens (tertiary/aromatic N) is 2. The Balaban J connectivity index is 2.24. The zero-order valence-electron chi connectivity index (χ0n) is 9.79. The van der Waals surface area contributed by atoms with Crippen LogP contribution >= 0.6 is 11.6 Å². The van der Waals surface area contributed by atoms with Crippen LogP contribution in [0.15, 0.2) is 70.5 Å². The third-order valence-corrected chi connectivity index (χ3v) is 2.55. The highest BCUT2D eigenvalue weighted by molar-refractivity contribution is 6.34. The van der Waals surface area contributed by atoms with Gasteiger partial charge in [-0.15, -0.1) is 0 Å². The van der Waals surface area contributed by atoms with Crippen LogP contribution in [0.2, 0.25) is 0 Å². The molecule has 1 aliphatic carbocycles. The third kappa shape index (κ3) is 3.79. The molecule has 1 aromatic rings. The molecule has 0 heterocycles. The van der Waals surface area contributed by atoms with Gasteiger partial charge in [-0.05, 0) is 30.4 Å². The topological polar surface area (TPSA) is 67.5 Å². The van der Waals surface area contributed by atoms with E-state index in [-0.39, 0.29) is 0 Å². The van der Waals surface area contributed by atoms with E-state index in [1.165, 1.54) is 0 Å². The molecule has 0 saturated heterocycles. The Labute approximate surface area is 114 Å². The molecular weight excluding hydrogens is 266 g/mol.